The highest BCUT2D eigenvalue weighted by atomic mass is 16.3. The highest BCUT2D eigenvalue weighted by molar-refractivity contribution is 5.43. The van der Waals surface area contributed by atoms with Gasteiger partial charge in [-0.1, -0.05) is 48.5 Å². The van der Waals surface area contributed by atoms with Gasteiger partial charge in [0.1, 0.15) is 0 Å². The lowest BCUT2D eigenvalue weighted by molar-refractivity contribution is 0.147. The first-order chi connectivity index (χ1) is 8.27. The number of fused-ring (bicyclic) bond motifs is 2. The first kappa shape index (κ1) is 10.5. The summed E-state index contributed by atoms with van der Waals surface area (Å²) < 4.78 is 0. The highest BCUT2D eigenvalue weighted by Gasteiger charge is 2.26. The Hall–Kier alpha value is -1.64. The number of nitrogens with two attached hydrogens (primary N) is 1. The van der Waals surface area contributed by atoms with Crippen LogP contribution in [-0.2, 0) is 6.42 Å². The molecule has 0 spiro atoms. The van der Waals surface area contributed by atoms with Crippen LogP contribution in [-0.4, -0.2) is 5.11 Å². The van der Waals surface area contributed by atoms with Crippen molar-refractivity contribution in [3.63, 3.8) is 0 Å². The lowest BCUT2D eigenvalue weighted by Gasteiger charge is -2.19. The minimum atomic E-state index is -0.616. The standard InChI is InChI=1S/C15H15NO/c16-14-12-7-3-1-5-10(12)9-11-6-2-4-8-13(11)15(14)17/h1-8,14-15,17H,9,16H2/t14-,15-/m1/s1. The van der Waals surface area contributed by atoms with E-state index in [1.165, 1.54) is 11.1 Å². The summed E-state index contributed by atoms with van der Waals surface area (Å²) in [5.74, 6) is 0. The van der Waals surface area contributed by atoms with Crippen LogP contribution in [0.15, 0.2) is 48.5 Å². The second-order valence-electron chi connectivity index (χ2n) is 4.55. The van der Waals surface area contributed by atoms with Gasteiger partial charge in [-0.05, 0) is 28.7 Å². The van der Waals surface area contributed by atoms with Gasteiger partial charge in [0, 0.05) is 0 Å². The van der Waals surface area contributed by atoms with Gasteiger partial charge in [0.25, 0.3) is 0 Å². The van der Waals surface area contributed by atoms with Crippen molar-refractivity contribution in [3.8, 4) is 0 Å². The number of rotatable bonds is 0. The summed E-state index contributed by atoms with van der Waals surface area (Å²) in [6.07, 6.45) is 0.228. The molecule has 1 aliphatic rings. The SMILES string of the molecule is N[C@@H]1c2ccccc2Cc2ccccc2[C@H]1O. The average molecular weight is 225 g/mol. The summed E-state index contributed by atoms with van der Waals surface area (Å²) in [5, 5.41) is 10.3. The zero-order chi connectivity index (χ0) is 11.8. The molecule has 2 aromatic rings. The van der Waals surface area contributed by atoms with E-state index >= 15 is 0 Å². The Balaban J connectivity index is 2.20. The molecule has 1 aliphatic carbocycles. The van der Waals surface area contributed by atoms with E-state index in [0.29, 0.717) is 0 Å². The molecule has 2 aromatic carbocycles. The third-order valence-electron chi connectivity index (χ3n) is 3.51. The third-order valence-corrected chi connectivity index (χ3v) is 3.51. The molecule has 0 fully saturated rings. The summed E-state index contributed by atoms with van der Waals surface area (Å²) in [4.78, 5) is 0. The van der Waals surface area contributed by atoms with E-state index in [1.54, 1.807) is 0 Å². The lowest BCUT2D eigenvalue weighted by atomic mass is 9.97. The zero-order valence-electron chi connectivity index (χ0n) is 9.51. The Morgan fingerprint density at radius 1 is 0.882 bits per heavy atom. The molecule has 0 amide bonds. The first-order valence-corrected chi connectivity index (χ1v) is 5.86. The van der Waals surface area contributed by atoms with Gasteiger partial charge in [-0.15, -0.1) is 0 Å². The van der Waals surface area contributed by atoms with E-state index in [2.05, 4.69) is 12.1 Å². The van der Waals surface area contributed by atoms with Crippen LogP contribution in [0, 0.1) is 0 Å². The Bertz CT molecular complexity index is 501. The van der Waals surface area contributed by atoms with Crippen LogP contribution in [0.1, 0.15) is 34.4 Å². The summed E-state index contributed by atoms with van der Waals surface area (Å²) in [6, 6.07) is 15.7. The van der Waals surface area contributed by atoms with E-state index < -0.39 is 6.10 Å². The molecule has 86 valence electrons. The number of hydrogen-bond donors (Lipinski definition) is 2. The van der Waals surface area contributed by atoms with Gasteiger partial charge in [-0.25, -0.2) is 0 Å². The molecule has 2 atom stereocenters. The molecular weight excluding hydrogens is 210 g/mol. The highest BCUT2D eigenvalue weighted by Crippen LogP contribution is 2.35. The van der Waals surface area contributed by atoms with E-state index in [1.807, 2.05) is 36.4 Å². The van der Waals surface area contributed by atoms with Gasteiger partial charge in [-0.3, -0.25) is 0 Å². The van der Waals surface area contributed by atoms with Crippen molar-refractivity contribution >= 4 is 0 Å². The van der Waals surface area contributed by atoms with Gasteiger partial charge in [-0.2, -0.15) is 0 Å². The Morgan fingerprint density at radius 3 is 2.12 bits per heavy atom. The molecule has 0 radical (unpaired) electrons. The van der Waals surface area contributed by atoms with Gasteiger partial charge in [0.15, 0.2) is 0 Å². The molecule has 3 rings (SSSR count). The van der Waals surface area contributed by atoms with Gasteiger partial charge >= 0.3 is 0 Å². The fourth-order valence-corrected chi connectivity index (χ4v) is 2.57. The number of benzene rings is 2. The Kier molecular flexibility index (Phi) is 2.46. The van der Waals surface area contributed by atoms with Crippen molar-refractivity contribution in [3.05, 3.63) is 70.8 Å². The summed E-state index contributed by atoms with van der Waals surface area (Å²) >= 11 is 0. The van der Waals surface area contributed by atoms with Crippen molar-refractivity contribution in [2.24, 2.45) is 5.73 Å². The zero-order valence-corrected chi connectivity index (χ0v) is 9.51. The average Bonchev–Trinajstić information content (AvgIpc) is 2.48. The predicted molar refractivity (Wildman–Crippen MR) is 67.6 cm³/mol. The predicted octanol–water partition coefficient (Wildman–Crippen LogP) is 2.32. The van der Waals surface area contributed by atoms with Gasteiger partial charge < -0.3 is 10.8 Å². The van der Waals surface area contributed by atoms with E-state index in [0.717, 1.165) is 17.5 Å². The van der Waals surface area contributed by atoms with Gasteiger partial charge in [0.2, 0.25) is 0 Å². The third kappa shape index (κ3) is 1.66. The minimum absolute atomic E-state index is 0.338. The van der Waals surface area contributed by atoms with Crippen molar-refractivity contribution in [1.29, 1.82) is 0 Å². The number of hydrogen-bond acceptors (Lipinski definition) is 2. The van der Waals surface area contributed by atoms with Crippen molar-refractivity contribution in [2.45, 2.75) is 18.6 Å². The molecule has 0 heterocycles. The molecule has 0 saturated carbocycles. The molecule has 3 N–H and O–H groups in total. The van der Waals surface area contributed by atoms with Crippen molar-refractivity contribution in [2.75, 3.05) is 0 Å². The van der Waals surface area contributed by atoms with Crippen LogP contribution < -0.4 is 5.73 Å². The smallest absolute Gasteiger partial charge is 0.0985 e. The number of aliphatic hydroxyl groups excluding tert-OH is 1. The van der Waals surface area contributed by atoms with E-state index in [-0.39, 0.29) is 6.04 Å². The first-order valence-electron chi connectivity index (χ1n) is 5.86. The fraction of sp³-hybridized carbons (Fsp3) is 0.200. The normalized spacial score (nSPS) is 22.5. The molecule has 0 aromatic heterocycles. The molecule has 0 aliphatic heterocycles. The second-order valence-corrected chi connectivity index (χ2v) is 4.55. The summed E-state index contributed by atoms with van der Waals surface area (Å²) in [6.45, 7) is 0. The maximum atomic E-state index is 10.3. The van der Waals surface area contributed by atoms with Crippen LogP contribution in [0.4, 0.5) is 0 Å². The summed E-state index contributed by atoms with van der Waals surface area (Å²) in [7, 11) is 0. The summed E-state index contributed by atoms with van der Waals surface area (Å²) in [5.41, 5.74) is 10.5. The molecule has 2 heteroatoms. The van der Waals surface area contributed by atoms with Crippen LogP contribution in [0.5, 0.6) is 0 Å². The Labute approximate surface area is 101 Å². The molecular formula is C15H15NO. The monoisotopic (exact) mass is 225 g/mol. The number of aliphatic hydroxyl groups is 1. The minimum Gasteiger partial charge on any atom is -0.386 e. The van der Waals surface area contributed by atoms with Crippen LogP contribution in [0.25, 0.3) is 0 Å². The molecule has 17 heavy (non-hydrogen) atoms. The fourth-order valence-electron chi connectivity index (χ4n) is 2.57. The second kappa shape index (κ2) is 3.99. The molecule has 0 saturated heterocycles. The maximum absolute atomic E-state index is 10.3. The quantitative estimate of drug-likeness (QED) is 0.722. The van der Waals surface area contributed by atoms with Crippen LogP contribution in [0.3, 0.4) is 0 Å². The molecule has 2 nitrogen and oxygen atoms in total. The van der Waals surface area contributed by atoms with Crippen LogP contribution >= 0.6 is 0 Å². The van der Waals surface area contributed by atoms with E-state index in [9.17, 15) is 5.11 Å². The maximum Gasteiger partial charge on any atom is 0.0985 e. The van der Waals surface area contributed by atoms with Crippen LogP contribution in [0.2, 0.25) is 0 Å². The van der Waals surface area contributed by atoms with Crippen molar-refractivity contribution < 1.29 is 5.11 Å². The topological polar surface area (TPSA) is 46.2 Å². The Morgan fingerprint density at radius 2 is 1.41 bits per heavy atom. The molecule has 0 bridgehead atoms. The van der Waals surface area contributed by atoms with E-state index in [4.69, 9.17) is 5.73 Å². The van der Waals surface area contributed by atoms with Crippen molar-refractivity contribution in [1.82, 2.24) is 0 Å². The lowest BCUT2D eigenvalue weighted by Crippen LogP contribution is -2.19. The largest absolute Gasteiger partial charge is 0.386 e. The molecule has 0 unspecified atom stereocenters. The van der Waals surface area contributed by atoms with Gasteiger partial charge in [0.05, 0.1) is 12.1 Å².